The van der Waals surface area contributed by atoms with Gasteiger partial charge in [-0.25, -0.2) is 0 Å². The van der Waals surface area contributed by atoms with Crippen molar-refractivity contribution < 1.29 is 62.6 Å². The van der Waals surface area contributed by atoms with Gasteiger partial charge in [-0.15, -0.1) is 0 Å². The molecule has 2 saturated heterocycles. The van der Waals surface area contributed by atoms with Gasteiger partial charge < -0.3 is 50.2 Å². The number of aliphatic hydroxyl groups is 6. The Kier molecular flexibility index (Phi) is 7.91. The SMILES string of the molecule is CC(=O)N[C@H]1[C@H](O[C@@H]2[C@@H](O)[C@H](O)O[C@H](CO)[C@@H]2O)O[C@H](CS(=O)(=O)O)[C@@H](O)[C@@H]1O. The summed E-state index contributed by atoms with van der Waals surface area (Å²) in [6, 6.07) is -1.48. The topological polar surface area (TPSA) is 233 Å². The van der Waals surface area contributed by atoms with E-state index in [2.05, 4.69) is 5.32 Å². The van der Waals surface area contributed by atoms with Gasteiger partial charge >= 0.3 is 0 Å². The number of aliphatic hydroxyl groups excluding tert-OH is 6. The summed E-state index contributed by atoms with van der Waals surface area (Å²) in [5.41, 5.74) is 0. The van der Waals surface area contributed by atoms with E-state index in [-0.39, 0.29) is 0 Å². The fourth-order valence-corrected chi connectivity index (χ4v) is 3.85. The molecule has 0 aromatic carbocycles. The standard InChI is InChI=1S/C14H25NO13S/c1-4(17)15-7-10(20)8(18)6(3-29(23,24)25)27-14(7)28-12-9(19)5(2-16)26-13(22)11(12)21/h5-14,16,18-22H,2-3H2,1H3,(H,15,17)(H,23,24,25)/t5-,6-,7-,8-,9+,10-,11-,12+,13-,14+/m1/s1. The van der Waals surface area contributed by atoms with Gasteiger partial charge in [0.05, 0.1) is 6.61 Å². The first-order valence-electron chi connectivity index (χ1n) is 8.55. The Morgan fingerprint density at radius 2 is 1.62 bits per heavy atom. The van der Waals surface area contributed by atoms with Crippen LogP contribution in [0.1, 0.15) is 6.92 Å². The van der Waals surface area contributed by atoms with E-state index in [9.17, 15) is 43.9 Å². The first-order chi connectivity index (χ1) is 13.4. The maximum atomic E-state index is 11.4. The lowest BCUT2D eigenvalue weighted by Gasteiger charge is -2.46. The number of carbonyl (C=O) groups is 1. The molecular formula is C14H25NO13S. The number of ether oxygens (including phenoxy) is 3. The average Bonchev–Trinajstić information content (AvgIpc) is 2.61. The predicted molar refractivity (Wildman–Crippen MR) is 89.5 cm³/mol. The second kappa shape index (κ2) is 9.44. The van der Waals surface area contributed by atoms with Gasteiger partial charge in [-0.05, 0) is 0 Å². The normalized spacial score (nSPS) is 43.7. The third kappa shape index (κ3) is 5.80. The molecule has 0 spiro atoms. The summed E-state index contributed by atoms with van der Waals surface area (Å²) in [5.74, 6) is -1.81. The maximum absolute atomic E-state index is 11.4. The third-order valence-electron chi connectivity index (χ3n) is 4.58. The van der Waals surface area contributed by atoms with E-state index in [1.807, 2.05) is 0 Å². The molecule has 0 aromatic heterocycles. The van der Waals surface area contributed by atoms with Crippen LogP contribution in [0.4, 0.5) is 0 Å². The van der Waals surface area contributed by atoms with Crippen LogP contribution >= 0.6 is 0 Å². The molecule has 0 aliphatic carbocycles. The first-order valence-corrected chi connectivity index (χ1v) is 10.2. The fraction of sp³-hybridized carbons (Fsp3) is 0.929. The molecule has 0 radical (unpaired) electrons. The van der Waals surface area contributed by atoms with Crippen molar-refractivity contribution >= 4 is 16.0 Å². The van der Waals surface area contributed by atoms with Gasteiger partial charge in [0.2, 0.25) is 5.91 Å². The van der Waals surface area contributed by atoms with Crippen molar-refractivity contribution in [2.75, 3.05) is 12.4 Å². The van der Waals surface area contributed by atoms with Gasteiger partial charge in [-0.1, -0.05) is 0 Å². The lowest BCUT2D eigenvalue weighted by molar-refractivity contribution is -0.338. The zero-order valence-corrected chi connectivity index (χ0v) is 16.0. The van der Waals surface area contributed by atoms with Crippen molar-refractivity contribution in [1.82, 2.24) is 5.32 Å². The van der Waals surface area contributed by atoms with Gasteiger partial charge in [0.25, 0.3) is 10.1 Å². The van der Waals surface area contributed by atoms with Crippen molar-refractivity contribution in [3.8, 4) is 0 Å². The van der Waals surface area contributed by atoms with E-state index in [0.29, 0.717) is 0 Å². The van der Waals surface area contributed by atoms with E-state index in [0.717, 1.165) is 6.92 Å². The van der Waals surface area contributed by atoms with Gasteiger partial charge in [-0.3, -0.25) is 9.35 Å². The van der Waals surface area contributed by atoms with Crippen molar-refractivity contribution in [1.29, 1.82) is 0 Å². The Morgan fingerprint density at radius 3 is 2.14 bits per heavy atom. The zero-order chi connectivity index (χ0) is 22.1. The molecule has 2 aliphatic heterocycles. The number of rotatable bonds is 6. The molecule has 2 aliphatic rings. The van der Waals surface area contributed by atoms with Crippen LogP contribution in [0.25, 0.3) is 0 Å². The monoisotopic (exact) mass is 447 g/mol. The number of nitrogens with one attached hydrogen (secondary N) is 1. The van der Waals surface area contributed by atoms with Gasteiger partial charge in [0.1, 0.15) is 54.5 Å². The highest BCUT2D eigenvalue weighted by atomic mass is 32.2. The highest BCUT2D eigenvalue weighted by Crippen LogP contribution is 2.29. The summed E-state index contributed by atoms with van der Waals surface area (Å²) in [5, 5.41) is 61.8. The highest BCUT2D eigenvalue weighted by molar-refractivity contribution is 7.85. The summed E-state index contributed by atoms with van der Waals surface area (Å²) >= 11 is 0. The van der Waals surface area contributed by atoms with Crippen LogP contribution in [-0.2, 0) is 29.1 Å². The molecule has 8 N–H and O–H groups in total. The van der Waals surface area contributed by atoms with Crippen LogP contribution in [0.3, 0.4) is 0 Å². The number of hydrogen-bond acceptors (Lipinski definition) is 12. The second-order valence-corrected chi connectivity index (χ2v) is 8.33. The van der Waals surface area contributed by atoms with E-state index < -0.39 is 89.7 Å². The van der Waals surface area contributed by atoms with Crippen LogP contribution in [0.15, 0.2) is 0 Å². The molecule has 2 heterocycles. The van der Waals surface area contributed by atoms with E-state index in [1.165, 1.54) is 0 Å². The average molecular weight is 447 g/mol. The van der Waals surface area contributed by atoms with Gasteiger partial charge in [-0.2, -0.15) is 8.42 Å². The van der Waals surface area contributed by atoms with Crippen molar-refractivity contribution in [3.05, 3.63) is 0 Å². The summed E-state index contributed by atoms with van der Waals surface area (Å²) < 4.78 is 46.8. The molecule has 29 heavy (non-hydrogen) atoms. The summed E-state index contributed by atoms with van der Waals surface area (Å²) in [4.78, 5) is 11.4. The second-order valence-electron chi connectivity index (χ2n) is 6.83. The lowest BCUT2D eigenvalue weighted by atomic mass is 9.96. The number of carbonyl (C=O) groups excluding carboxylic acids is 1. The van der Waals surface area contributed by atoms with Crippen molar-refractivity contribution in [2.45, 2.75) is 68.3 Å². The third-order valence-corrected chi connectivity index (χ3v) is 5.33. The molecule has 0 aromatic rings. The van der Waals surface area contributed by atoms with Gasteiger partial charge in [0, 0.05) is 6.92 Å². The van der Waals surface area contributed by atoms with E-state index >= 15 is 0 Å². The lowest BCUT2D eigenvalue weighted by Crippen LogP contribution is -2.67. The Hall–Kier alpha value is -0.980. The zero-order valence-electron chi connectivity index (χ0n) is 15.2. The predicted octanol–water partition coefficient (Wildman–Crippen LogP) is -5.36. The molecule has 2 rings (SSSR count). The Labute approximate surface area is 165 Å². The molecule has 170 valence electrons. The van der Waals surface area contributed by atoms with E-state index in [1.54, 1.807) is 0 Å². The number of amides is 1. The highest BCUT2D eigenvalue weighted by Gasteiger charge is 2.51. The maximum Gasteiger partial charge on any atom is 0.267 e. The Balaban J connectivity index is 2.29. The van der Waals surface area contributed by atoms with Gasteiger partial charge in [0.15, 0.2) is 12.6 Å². The molecule has 0 saturated carbocycles. The molecular weight excluding hydrogens is 422 g/mol. The van der Waals surface area contributed by atoms with Crippen LogP contribution in [0.5, 0.6) is 0 Å². The first kappa shape index (κ1) is 24.3. The molecule has 15 heteroatoms. The minimum absolute atomic E-state index is 0.687. The molecule has 0 unspecified atom stereocenters. The minimum Gasteiger partial charge on any atom is -0.394 e. The minimum atomic E-state index is -4.65. The molecule has 1 amide bonds. The molecule has 0 bridgehead atoms. The summed E-state index contributed by atoms with van der Waals surface area (Å²) in [6.07, 6.45) is -15.5. The fourth-order valence-electron chi connectivity index (χ4n) is 3.16. The number of hydrogen-bond donors (Lipinski definition) is 8. The quantitative estimate of drug-likeness (QED) is 0.178. The Bertz CT molecular complexity index is 674. The largest absolute Gasteiger partial charge is 0.394 e. The molecule has 10 atom stereocenters. The smallest absolute Gasteiger partial charge is 0.267 e. The Morgan fingerprint density at radius 1 is 1.00 bits per heavy atom. The van der Waals surface area contributed by atoms with Crippen LogP contribution in [-0.4, -0.2) is 123 Å². The van der Waals surface area contributed by atoms with Crippen molar-refractivity contribution in [3.63, 3.8) is 0 Å². The summed E-state index contributed by atoms with van der Waals surface area (Å²) in [6.45, 7) is 0.322. The van der Waals surface area contributed by atoms with Crippen molar-refractivity contribution in [2.24, 2.45) is 0 Å². The summed E-state index contributed by atoms with van der Waals surface area (Å²) in [7, 11) is -4.65. The van der Waals surface area contributed by atoms with Crippen LogP contribution in [0.2, 0.25) is 0 Å². The van der Waals surface area contributed by atoms with E-state index in [4.69, 9.17) is 18.8 Å². The van der Waals surface area contributed by atoms with Crippen LogP contribution in [0, 0.1) is 0 Å². The molecule has 2 fully saturated rings. The van der Waals surface area contributed by atoms with Crippen LogP contribution < -0.4 is 5.32 Å². The molecule has 14 nitrogen and oxygen atoms in total.